The third-order valence-electron chi connectivity index (χ3n) is 5.49. The summed E-state index contributed by atoms with van der Waals surface area (Å²) >= 11 is 0. The summed E-state index contributed by atoms with van der Waals surface area (Å²) in [5.74, 6) is 2.85. The highest BCUT2D eigenvalue weighted by Crippen LogP contribution is 2.32. The van der Waals surface area contributed by atoms with Crippen LogP contribution in [0, 0.1) is 13.8 Å². The van der Waals surface area contributed by atoms with Crippen LogP contribution >= 0.6 is 0 Å². The van der Waals surface area contributed by atoms with E-state index in [0.29, 0.717) is 23.8 Å². The van der Waals surface area contributed by atoms with Gasteiger partial charge in [-0.05, 0) is 55.2 Å². The van der Waals surface area contributed by atoms with Gasteiger partial charge in [-0.1, -0.05) is 6.07 Å². The predicted molar refractivity (Wildman–Crippen MR) is 112 cm³/mol. The first-order valence-electron chi connectivity index (χ1n) is 9.88. The number of likely N-dealkylation sites (tertiary alicyclic amines) is 1. The average Bonchev–Trinajstić information content (AvgIpc) is 2.72. The zero-order valence-corrected chi connectivity index (χ0v) is 17.9. The van der Waals surface area contributed by atoms with E-state index in [1.54, 1.807) is 27.4 Å². The van der Waals surface area contributed by atoms with Crippen molar-refractivity contribution in [2.45, 2.75) is 39.0 Å². The van der Waals surface area contributed by atoms with Crippen molar-refractivity contribution < 1.29 is 24.1 Å². The first-order valence-corrected chi connectivity index (χ1v) is 9.88. The number of hydrogen-bond acceptors (Lipinski definition) is 6. The maximum absolute atomic E-state index is 10.7. The Hall–Kier alpha value is -2.44. The molecule has 2 atom stereocenters. The molecule has 0 aliphatic carbocycles. The molecule has 2 aromatic carbocycles. The van der Waals surface area contributed by atoms with E-state index in [-0.39, 0.29) is 6.10 Å². The average molecular weight is 402 g/mol. The van der Waals surface area contributed by atoms with Crippen LogP contribution in [0.1, 0.15) is 23.1 Å². The van der Waals surface area contributed by atoms with Crippen LogP contribution < -0.4 is 18.9 Å². The summed E-state index contributed by atoms with van der Waals surface area (Å²) in [5, 5.41) is 10.7. The van der Waals surface area contributed by atoms with Crippen LogP contribution in [0.4, 0.5) is 0 Å². The molecule has 1 saturated heterocycles. The van der Waals surface area contributed by atoms with Gasteiger partial charge in [-0.15, -0.1) is 0 Å². The van der Waals surface area contributed by atoms with Crippen LogP contribution in [-0.4, -0.2) is 56.6 Å². The van der Waals surface area contributed by atoms with E-state index in [1.165, 1.54) is 11.1 Å². The summed E-state index contributed by atoms with van der Waals surface area (Å²) in [6, 6.07) is 9.69. The fraction of sp³-hybridized carbons (Fsp3) is 0.478. The topological polar surface area (TPSA) is 60.4 Å². The summed E-state index contributed by atoms with van der Waals surface area (Å²) in [6.45, 7) is 6.39. The van der Waals surface area contributed by atoms with Gasteiger partial charge in [0.1, 0.15) is 23.7 Å². The molecule has 0 radical (unpaired) electrons. The van der Waals surface area contributed by atoms with Crippen molar-refractivity contribution in [1.82, 2.24) is 4.90 Å². The number of aryl methyl sites for hydroxylation is 2. The molecule has 1 heterocycles. The van der Waals surface area contributed by atoms with E-state index in [1.807, 2.05) is 12.1 Å². The molecule has 158 valence electrons. The molecule has 1 aliphatic heterocycles. The molecule has 29 heavy (non-hydrogen) atoms. The van der Waals surface area contributed by atoms with Crippen LogP contribution in [-0.2, 0) is 6.54 Å². The van der Waals surface area contributed by atoms with Crippen LogP contribution in [0.2, 0.25) is 0 Å². The van der Waals surface area contributed by atoms with Crippen molar-refractivity contribution in [3.05, 3.63) is 47.0 Å². The predicted octanol–water partition coefficient (Wildman–Crippen LogP) is 3.34. The van der Waals surface area contributed by atoms with Crippen LogP contribution in [0.15, 0.2) is 30.3 Å². The fourth-order valence-electron chi connectivity index (χ4n) is 3.80. The molecule has 2 aromatic rings. The minimum Gasteiger partial charge on any atom is -0.496 e. The number of piperidine rings is 1. The first-order chi connectivity index (χ1) is 13.9. The summed E-state index contributed by atoms with van der Waals surface area (Å²) in [7, 11) is 4.89. The van der Waals surface area contributed by atoms with Gasteiger partial charge in [0, 0.05) is 25.7 Å². The zero-order chi connectivity index (χ0) is 21.0. The van der Waals surface area contributed by atoms with Crippen molar-refractivity contribution in [3.8, 4) is 23.0 Å². The lowest BCUT2D eigenvalue weighted by molar-refractivity contribution is -0.0276. The highest BCUT2D eigenvalue weighted by atomic mass is 16.5. The van der Waals surface area contributed by atoms with Crippen molar-refractivity contribution in [1.29, 1.82) is 0 Å². The van der Waals surface area contributed by atoms with Gasteiger partial charge in [0.05, 0.1) is 21.3 Å². The SMILES string of the molecule is COc1cc(C)c(CN2CC[C@@H](Oc3ccc(OC)c(OC)c3)[C@H](O)C2)cc1C. The molecule has 1 fully saturated rings. The third-order valence-corrected chi connectivity index (χ3v) is 5.49. The summed E-state index contributed by atoms with van der Waals surface area (Å²) in [5.41, 5.74) is 3.58. The van der Waals surface area contributed by atoms with Crippen LogP contribution in [0.3, 0.4) is 0 Å². The van der Waals surface area contributed by atoms with Gasteiger partial charge in [0.25, 0.3) is 0 Å². The molecular formula is C23H31NO5. The summed E-state index contributed by atoms with van der Waals surface area (Å²) < 4.78 is 22.0. The van der Waals surface area contributed by atoms with Gasteiger partial charge in [-0.25, -0.2) is 0 Å². The number of methoxy groups -OCH3 is 3. The van der Waals surface area contributed by atoms with Crippen molar-refractivity contribution in [3.63, 3.8) is 0 Å². The molecule has 3 rings (SSSR count). The molecule has 6 nitrogen and oxygen atoms in total. The monoisotopic (exact) mass is 401 g/mol. The van der Waals surface area contributed by atoms with Gasteiger partial charge in [0.15, 0.2) is 11.5 Å². The number of rotatable bonds is 7. The Morgan fingerprint density at radius 2 is 1.66 bits per heavy atom. The second-order valence-electron chi connectivity index (χ2n) is 7.51. The number of aliphatic hydroxyl groups is 1. The second kappa shape index (κ2) is 9.37. The molecule has 1 aliphatic rings. The quantitative estimate of drug-likeness (QED) is 0.768. The van der Waals surface area contributed by atoms with Gasteiger partial charge in [0.2, 0.25) is 0 Å². The normalized spacial score (nSPS) is 19.7. The first kappa shape index (κ1) is 21.3. The summed E-state index contributed by atoms with van der Waals surface area (Å²) in [6.07, 6.45) is -0.0523. The van der Waals surface area contributed by atoms with Gasteiger partial charge in [-0.3, -0.25) is 4.90 Å². The lowest BCUT2D eigenvalue weighted by atomic mass is 10.0. The Morgan fingerprint density at radius 3 is 2.31 bits per heavy atom. The minimum absolute atomic E-state index is 0.247. The Kier molecular flexibility index (Phi) is 6.87. The molecule has 0 spiro atoms. The number of nitrogens with zero attached hydrogens (tertiary/aromatic N) is 1. The van der Waals surface area contributed by atoms with E-state index in [2.05, 4.69) is 30.9 Å². The maximum Gasteiger partial charge on any atom is 0.164 e. The minimum atomic E-state index is -0.559. The van der Waals surface area contributed by atoms with Crippen molar-refractivity contribution in [2.75, 3.05) is 34.4 Å². The standard InChI is InChI=1S/C23H31NO5/c1-15-11-22(27-4)16(2)10-17(15)13-24-9-8-20(19(25)14-24)29-18-6-7-21(26-3)23(12-18)28-5/h6-7,10-12,19-20,25H,8-9,13-14H2,1-5H3/t19-,20-/m1/s1. The fourth-order valence-corrected chi connectivity index (χ4v) is 3.80. The zero-order valence-electron chi connectivity index (χ0n) is 17.9. The Bertz CT molecular complexity index is 838. The summed E-state index contributed by atoms with van der Waals surface area (Å²) in [4.78, 5) is 2.27. The van der Waals surface area contributed by atoms with Gasteiger partial charge in [-0.2, -0.15) is 0 Å². The molecule has 1 N–H and O–H groups in total. The Labute approximate surface area is 173 Å². The second-order valence-corrected chi connectivity index (χ2v) is 7.51. The molecule has 0 unspecified atom stereocenters. The maximum atomic E-state index is 10.7. The molecule has 6 heteroatoms. The van der Waals surface area contributed by atoms with E-state index in [4.69, 9.17) is 18.9 Å². The smallest absolute Gasteiger partial charge is 0.164 e. The number of ether oxygens (including phenoxy) is 4. The van der Waals surface area contributed by atoms with Gasteiger partial charge >= 0.3 is 0 Å². The van der Waals surface area contributed by atoms with E-state index in [9.17, 15) is 5.11 Å². The lowest BCUT2D eigenvalue weighted by Gasteiger charge is -2.36. The van der Waals surface area contributed by atoms with E-state index < -0.39 is 6.10 Å². The Morgan fingerprint density at radius 1 is 0.931 bits per heavy atom. The van der Waals surface area contributed by atoms with Gasteiger partial charge < -0.3 is 24.1 Å². The molecular weight excluding hydrogens is 370 g/mol. The Balaban J connectivity index is 1.62. The lowest BCUT2D eigenvalue weighted by Crippen LogP contribution is -2.48. The molecule has 0 saturated carbocycles. The van der Waals surface area contributed by atoms with Crippen molar-refractivity contribution >= 4 is 0 Å². The molecule has 0 amide bonds. The van der Waals surface area contributed by atoms with Crippen LogP contribution in [0.5, 0.6) is 23.0 Å². The third kappa shape index (κ3) is 4.95. The number of benzene rings is 2. The van der Waals surface area contributed by atoms with Crippen LogP contribution in [0.25, 0.3) is 0 Å². The van der Waals surface area contributed by atoms with E-state index in [0.717, 1.165) is 30.8 Å². The number of hydrogen-bond donors (Lipinski definition) is 1. The molecule has 0 aromatic heterocycles. The van der Waals surface area contributed by atoms with E-state index >= 15 is 0 Å². The number of aliphatic hydroxyl groups excluding tert-OH is 1. The largest absolute Gasteiger partial charge is 0.496 e. The van der Waals surface area contributed by atoms with Crippen molar-refractivity contribution in [2.24, 2.45) is 0 Å². The highest BCUT2D eigenvalue weighted by Gasteiger charge is 2.29. The highest BCUT2D eigenvalue weighted by molar-refractivity contribution is 5.45. The number of β-amino-alcohol motifs (C(OH)–C–C–N with tert-alkyl or cyclic N) is 1. The molecule has 0 bridgehead atoms.